The maximum absolute atomic E-state index is 11.6. The highest BCUT2D eigenvalue weighted by Gasteiger charge is 2.09. The highest BCUT2D eigenvalue weighted by molar-refractivity contribution is 5.99. The fraction of sp³-hybridized carbons (Fsp3) is 0.0417. The number of hydrogen-bond acceptors (Lipinski definition) is 5. The molecule has 30 heavy (non-hydrogen) atoms. The van der Waals surface area contributed by atoms with Crippen molar-refractivity contribution in [2.24, 2.45) is 0 Å². The molecule has 0 aliphatic rings. The number of hydrogen-bond donors (Lipinski definition) is 2. The third-order valence-electron chi connectivity index (χ3n) is 4.39. The fourth-order valence-corrected chi connectivity index (χ4v) is 2.90. The summed E-state index contributed by atoms with van der Waals surface area (Å²) in [5.41, 5.74) is 2.67. The van der Waals surface area contributed by atoms with E-state index < -0.39 is 0 Å². The Bertz CT molecular complexity index is 1170. The van der Waals surface area contributed by atoms with Crippen LogP contribution in [0, 0.1) is 0 Å². The Morgan fingerprint density at radius 2 is 1.67 bits per heavy atom. The molecule has 6 nitrogen and oxygen atoms in total. The van der Waals surface area contributed by atoms with Crippen LogP contribution >= 0.6 is 0 Å². The number of rotatable bonds is 7. The van der Waals surface area contributed by atoms with Gasteiger partial charge in [0, 0.05) is 11.1 Å². The van der Waals surface area contributed by atoms with Gasteiger partial charge in [0.2, 0.25) is 11.9 Å². The van der Waals surface area contributed by atoms with Crippen molar-refractivity contribution < 1.29 is 9.53 Å². The Morgan fingerprint density at radius 3 is 2.43 bits per heavy atom. The first-order valence-electron chi connectivity index (χ1n) is 9.45. The quantitative estimate of drug-likeness (QED) is 0.426. The van der Waals surface area contributed by atoms with E-state index in [-0.39, 0.29) is 11.9 Å². The molecule has 0 aliphatic carbocycles. The Hall–Kier alpha value is -4.19. The van der Waals surface area contributed by atoms with Gasteiger partial charge in [-0.05, 0) is 48.0 Å². The molecule has 0 radical (unpaired) electrons. The molecule has 0 atom stereocenters. The molecule has 0 unspecified atom stereocenters. The summed E-state index contributed by atoms with van der Waals surface area (Å²) in [6.07, 6.45) is 1.18. The average molecular weight is 396 g/mol. The number of para-hydroxylation sites is 1. The van der Waals surface area contributed by atoms with E-state index in [1.165, 1.54) is 6.08 Å². The zero-order valence-electron chi connectivity index (χ0n) is 16.2. The minimum Gasteiger partial charge on any atom is -0.489 e. The molecule has 4 aromatic rings. The molecular weight excluding hydrogens is 376 g/mol. The van der Waals surface area contributed by atoms with Crippen molar-refractivity contribution in [3.05, 3.63) is 97.1 Å². The normalized spacial score (nSPS) is 10.4. The van der Waals surface area contributed by atoms with E-state index in [2.05, 4.69) is 27.2 Å². The van der Waals surface area contributed by atoms with E-state index in [0.29, 0.717) is 12.4 Å². The molecule has 1 aromatic heterocycles. The number of benzene rings is 3. The number of anilines is 3. The molecule has 0 spiro atoms. The molecule has 1 amide bonds. The van der Waals surface area contributed by atoms with E-state index >= 15 is 0 Å². The molecule has 148 valence electrons. The maximum Gasteiger partial charge on any atom is 0.250 e. The summed E-state index contributed by atoms with van der Waals surface area (Å²) in [5, 5.41) is 6.75. The first kappa shape index (κ1) is 19.1. The lowest BCUT2D eigenvalue weighted by molar-refractivity contribution is -0.111. The van der Waals surface area contributed by atoms with Gasteiger partial charge < -0.3 is 10.1 Å². The van der Waals surface area contributed by atoms with Crippen LogP contribution in [0.25, 0.3) is 10.9 Å². The molecule has 1 heterocycles. The molecule has 0 saturated heterocycles. The molecule has 0 saturated carbocycles. The van der Waals surface area contributed by atoms with Crippen LogP contribution in [0.3, 0.4) is 0 Å². The van der Waals surface area contributed by atoms with Crippen LogP contribution in [-0.4, -0.2) is 15.9 Å². The van der Waals surface area contributed by atoms with E-state index in [1.54, 1.807) is 0 Å². The highest BCUT2D eigenvalue weighted by atomic mass is 16.5. The average Bonchev–Trinajstić information content (AvgIpc) is 2.79. The second-order valence-electron chi connectivity index (χ2n) is 6.53. The zero-order valence-corrected chi connectivity index (χ0v) is 16.2. The SMILES string of the molecule is C=CC(=O)Nc1nc(Nc2ccc(OCc3ccccc3)cc2)c2ccccc2n1. The van der Waals surface area contributed by atoms with Gasteiger partial charge in [0.1, 0.15) is 18.2 Å². The van der Waals surface area contributed by atoms with Crippen molar-refractivity contribution >= 4 is 34.3 Å². The van der Waals surface area contributed by atoms with Crippen molar-refractivity contribution in [1.82, 2.24) is 9.97 Å². The molecule has 4 rings (SSSR count). The van der Waals surface area contributed by atoms with Crippen molar-refractivity contribution in [3.63, 3.8) is 0 Å². The lowest BCUT2D eigenvalue weighted by Gasteiger charge is -2.12. The number of amides is 1. The van der Waals surface area contributed by atoms with E-state index in [1.807, 2.05) is 78.9 Å². The van der Waals surface area contributed by atoms with Gasteiger partial charge in [0.15, 0.2) is 0 Å². The monoisotopic (exact) mass is 396 g/mol. The molecular formula is C24H20N4O2. The minimum absolute atomic E-state index is 0.212. The van der Waals surface area contributed by atoms with Gasteiger partial charge in [0.25, 0.3) is 0 Å². The number of carbonyl (C=O) groups excluding carboxylic acids is 1. The Kier molecular flexibility index (Phi) is 5.66. The summed E-state index contributed by atoms with van der Waals surface area (Å²) in [6, 6.07) is 25.2. The summed E-state index contributed by atoms with van der Waals surface area (Å²) < 4.78 is 5.83. The summed E-state index contributed by atoms with van der Waals surface area (Å²) >= 11 is 0. The van der Waals surface area contributed by atoms with Gasteiger partial charge >= 0.3 is 0 Å². The van der Waals surface area contributed by atoms with Crippen LogP contribution in [0.4, 0.5) is 17.5 Å². The molecule has 0 fully saturated rings. The number of carbonyl (C=O) groups is 1. The maximum atomic E-state index is 11.6. The van der Waals surface area contributed by atoms with Gasteiger partial charge in [-0.1, -0.05) is 49.0 Å². The van der Waals surface area contributed by atoms with Gasteiger partial charge in [-0.15, -0.1) is 0 Å². The van der Waals surface area contributed by atoms with Crippen LogP contribution < -0.4 is 15.4 Å². The predicted molar refractivity (Wildman–Crippen MR) is 119 cm³/mol. The van der Waals surface area contributed by atoms with Crippen LogP contribution in [0.1, 0.15) is 5.56 Å². The minimum atomic E-state index is -0.365. The molecule has 2 N–H and O–H groups in total. The number of aromatic nitrogens is 2. The summed E-state index contributed by atoms with van der Waals surface area (Å²) in [7, 11) is 0. The van der Waals surface area contributed by atoms with E-state index in [9.17, 15) is 4.79 Å². The van der Waals surface area contributed by atoms with Crippen LogP contribution in [-0.2, 0) is 11.4 Å². The van der Waals surface area contributed by atoms with Crippen LogP contribution in [0.15, 0.2) is 91.5 Å². The molecule has 0 bridgehead atoms. The predicted octanol–water partition coefficient (Wildman–Crippen LogP) is 5.08. The number of fused-ring (bicyclic) bond motifs is 1. The molecule has 3 aromatic carbocycles. The van der Waals surface area contributed by atoms with Crippen LogP contribution in [0.5, 0.6) is 5.75 Å². The highest BCUT2D eigenvalue weighted by Crippen LogP contribution is 2.26. The van der Waals surface area contributed by atoms with Gasteiger partial charge in [-0.25, -0.2) is 4.98 Å². The smallest absolute Gasteiger partial charge is 0.250 e. The third kappa shape index (κ3) is 4.62. The Balaban J connectivity index is 1.53. The van der Waals surface area contributed by atoms with Gasteiger partial charge in [-0.3, -0.25) is 10.1 Å². The lowest BCUT2D eigenvalue weighted by Crippen LogP contribution is -2.11. The van der Waals surface area contributed by atoms with Crippen molar-refractivity contribution in [1.29, 1.82) is 0 Å². The van der Waals surface area contributed by atoms with Crippen molar-refractivity contribution in [2.45, 2.75) is 6.61 Å². The second-order valence-corrected chi connectivity index (χ2v) is 6.53. The lowest BCUT2D eigenvalue weighted by atomic mass is 10.2. The van der Waals surface area contributed by atoms with Crippen molar-refractivity contribution in [2.75, 3.05) is 10.6 Å². The second kappa shape index (κ2) is 8.87. The Labute approximate surface area is 174 Å². The Morgan fingerprint density at radius 1 is 0.933 bits per heavy atom. The first-order chi connectivity index (χ1) is 14.7. The molecule has 0 aliphatic heterocycles. The van der Waals surface area contributed by atoms with Crippen molar-refractivity contribution in [3.8, 4) is 5.75 Å². The summed E-state index contributed by atoms with van der Waals surface area (Å²) in [5.74, 6) is 1.22. The third-order valence-corrected chi connectivity index (χ3v) is 4.39. The standard InChI is InChI=1S/C24H20N4O2/c1-2-22(29)27-24-26-21-11-7-6-10-20(21)23(28-24)25-18-12-14-19(15-13-18)30-16-17-8-4-3-5-9-17/h2-15H,1,16H2,(H2,25,26,27,28,29). The van der Waals surface area contributed by atoms with Crippen LogP contribution in [0.2, 0.25) is 0 Å². The number of nitrogens with zero attached hydrogens (tertiary/aromatic N) is 2. The van der Waals surface area contributed by atoms with E-state index in [4.69, 9.17) is 4.74 Å². The zero-order chi connectivity index (χ0) is 20.8. The summed E-state index contributed by atoms with van der Waals surface area (Å²) in [4.78, 5) is 20.5. The molecule has 6 heteroatoms. The van der Waals surface area contributed by atoms with Gasteiger partial charge in [0.05, 0.1) is 5.52 Å². The topological polar surface area (TPSA) is 76.1 Å². The number of ether oxygens (including phenoxy) is 1. The van der Waals surface area contributed by atoms with Gasteiger partial charge in [-0.2, -0.15) is 4.98 Å². The summed E-state index contributed by atoms with van der Waals surface area (Å²) in [6.45, 7) is 3.97. The number of nitrogens with one attached hydrogen (secondary N) is 2. The largest absolute Gasteiger partial charge is 0.489 e. The fourth-order valence-electron chi connectivity index (χ4n) is 2.90. The van der Waals surface area contributed by atoms with E-state index in [0.717, 1.165) is 27.9 Å². The first-order valence-corrected chi connectivity index (χ1v) is 9.45.